The first-order chi connectivity index (χ1) is 18.7. The summed E-state index contributed by atoms with van der Waals surface area (Å²) in [6, 6.07) is -0.556. The molecule has 6 heterocycles. The zero-order valence-electron chi connectivity index (χ0n) is 22.1. The van der Waals surface area contributed by atoms with Gasteiger partial charge in [-0.25, -0.2) is 9.48 Å². The third kappa shape index (κ3) is 4.55. The number of aliphatic carboxylic acids is 1. The fourth-order valence-electron chi connectivity index (χ4n) is 7.02. The lowest BCUT2D eigenvalue weighted by molar-refractivity contribution is -0.160. The lowest BCUT2D eigenvalue weighted by Crippen LogP contribution is -2.62. The number of carbonyl (C=O) groups is 4. The van der Waals surface area contributed by atoms with Crippen LogP contribution in [0.15, 0.2) is 16.9 Å². The molecule has 4 saturated heterocycles. The molecule has 0 saturated carbocycles. The minimum atomic E-state index is -1.11. The molecule has 0 aliphatic carbocycles. The number of tetrazole rings is 1. The maximum atomic E-state index is 13.2. The molecule has 3 N–H and O–H groups in total. The molecule has 5 aliphatic rings. The molecule has 6 atom stereocenters. The Hall–Kier alpha value is -2.84. The molecule has 14 heteroatoms. The highest BCUT2D eigenvalue weighted by Gasteiger charge is 2.60. The number of hydrogen-bond donors (Lipinski definition) is 3. The van der Waals surface area contributed by atoms with Gasteiger partial charge in [0.1, 0.15) is 18.6 Å². The van der Waals surface area contributed by atoms with Gasteiger partial charge in [0.15, 0.2) is 5.78 Å². The molecule has 2 amide bonds. The second-order valence-corrected chi connectivity index (χ2v) is 13.2. The molecule has 39 heavy (non-hydrogen) atoms. The highest BCUT2D eigenvalue weighted by atomic mass is 32.2. The summed E-state index contributed by atoms with van der Waals surface area (Å²) >= 11 is 1.49. The molecular weight excluding hydrogens is 524 g/mol. The van der Waals surface area contributed by atoms with Gasteiger partial charge in [0.05, 0.1) is 18.0 Å². The average Bonchev–Trinajstić information content (AvgIpc) is 3.65. The predicted molar refractivity (Wildman–Crippen MR) is 139 cm³/mol. The smallest absolute Gasteiger partial charge is 0.353 e. The van der Waals surface area contributed by atoms with Crippen LogP contribution in [0.25, 0.3) is 0 Å². The van der Waals surface area contributed by atoms with E-state index < -0.39 is 11.9 Å². The normalized spacial score (nSPS) is 31.8. The lowest BCUT2D eigenvalue weighted by Gasteiger charge is -2.47. The quantitative estimate of drug-likeness (QED) is 0.329. The number of ketones is 1. The van der Waals surface area contributed by atoms with Crippen molar-refractivity contribution in [2.75, 3.05) is 32.7 Å². The van der Waals surface area contributed by atoms with Gasteiger partial charge in [-0.1, -0.05) is 13.8 Å². The van der Waals surface area contributed by atoms with Gasteiger partial charge >= 0.3 is 5.97 Å². The monoisotopic (exact) mass is 558 g/mol. The molecule has 0 aromatic carbocycles. The summed E-state index contributed by atoms with van der Waals surface area (Å²) in [5.41, 5.74) is 0.300. The zero-order valence-corrected chi connectivity index (χ0v) is 22.9. The van der Waals surface area contributed by atoms with Gasteiger partial charge in [-0.15, -0.1) is 16.9 Å². The van der Waals surface area contributed by atoms with Gasteiger partial charge in [-0.3, -0.25) is 14.4 Å². The second-order valence-electron chi connectivity index (χ2n) is 11.8. The Balaban J connectivity index is 1.09. The molecule has 1 spiro atoms. The molecule has 1 aromatic rings. The Morgan fingerprint density at radius 3 is 2.74 bits per heavy atom. The first kappa shape index (κ1) is 26.4. The number of nitrogens with one attached hydrogen (secondary N) is 2. The number of carbonyl (C=O) groups excluding carboxylic acids is 3. The largest absolute Gasteiger partial charge is 0.477 e. The van der Waals surface area contributed by atoms with E-state index in [1.807, 2.05) is 18.7 Å². The van der Waals surface area contributed by atoms with Crippen LogP contribution in [0.4, 0.5) is 0 Å². The third-order valence-electron chi connectivity index (χ3n) is 9.12. The van der Waals surface area contributed by atoms with E-state index in [1.54, 1.807) is 0 Å². The number of amides is 2. The molecule has 1 aromatic heterocycles. The van der Waals surface area contributed by atoms with E-state index >= 15 is 0 Å². The summed E-state index contributed by atoms with van der Waals surface area (Å²) in [7, 11) is 0. The number of carboxylic acid groups (broad SMARTS) is 1. The average molecular weight is 559 g/mol. The first-order valence-corrected chi connectivity index (χ1v) is 14.5. The van der Waals surface area contributed by atoms with Gasteiger partial charge in [-0.2, -0.15) is 0 Å². The summed E-state index contributed by atoms with van der Waals surface area (Å²) in [5, 5.41) is 27.6. The number of fused-ring (bicyclic) bond motifs is 1. The van der Waals surface area contributed by atoms with Crippen LogP contribution >= 0.6 is 11.8 Å². The molecule has 13 nitrogen and oxygen atoms in total. The summed E-state index contributed by atoms with van der Waals surface area (Å²) in [6.45, 7) is 8.01. The van der Waals surface area contributed by atoms with E-state index in [-0.39, 0.29) is 70.8 Å². The highest BCUT2D eigenvalue weighted by Crippen LogP contribution is 2.53. The number of nitrogens with zero attached hydrogens (tertiary/aromatic N) is 6. The van der Waals surface area contributed by atoms with Crippen molar-refractivity contribution in [2.45, 2.75) is 57.0 Å². The van der Waals surface area contributed by atoms with Gasteiger partial charge in [0, 0.05) is 60.6 Å². The van der Waals surface area contributed by atoms with Crippen LogP contribution in [-0.4, -0.2) is 109 Å². The van der Waals surface area contributed by atoms with Gasteiger partial charge in [0.2, 0.25) is 11.8 Å². The van der Waals surface area contributed by atoms with E-state index in [9.17, 15) is 24.3 Å². The van der Waals surface area contributed by atoms with Crippen molar-refractivity contribution < 1.29 is 24.3 Å². The highest BCUT2D eigenvalue weighted by molar-refractivity contribution is 8.03. The first-order valence-electron chi connectivity index (χ1n) is 13.6. The van der Waals surface area contributed by atoms with Crippen molar-refractivity contribution in [3.05, 3.63) is 16.9 Å². The van der Waals surface area contributed by atoms with Crippen LogP contribution < -0.4 is 10.6 Å². The molecule has 6 rings (SSSR count). The number of likely N-dealkylation sites (tertiary alicyclic amines) is 1. The maximum absolute atomic E-state index is 13.2. The molecule has 5 aliphatic heterocycles. The Labute approximate surface area is 230 Å². The summed E-state index contributed by atoms with van der Waals surface area (Å²) in [4.78, 5) is 55.4. The molecule has 4 fully saturated rings. The van der Waals surface area contributed by atoms with Crippen molar-refractivity contribution in [1.82, 2.24) is 40.6 Å². The minimum absolute atomic E-state index is 0.0335. The summed E-state index contributed by atoms with van der Waals surface area (Å²) in [5.74, 6) is -2.14. The second kappa shape index (κ2) is 9.97. The number of carboxylic acids is 1. The minimum Gasteiger partial charge on any atom is -0.477 e. The summed E-state index contributed by atoms with van der Waals surface area (Å²) in [6.07, 6.45) is 3.21. The number of aromatic nitrogens is 4. The third-order valence-corrected chi connectivity index (χ3v) is 10.6. The number of rotatable bonds is 9. The van der Waals surface area contributed by atoms with Gasteiger partial charge < -0.3 is 25.5 Å². The number of thioether (sulfide) groups is 1. The SMILES string of the molecule is C[C@@H](CC(=O)Cn1cnnn1)[C@H]1C(=O)N2C(C(=O)O)=C(S[C@@H]3CN[C@H](C(=O)N4CCC5(CNC5)C4)C3)[C@H](C)[C@H]12. The van der Waals surface area contributed by atoms with Crippen molar-refractivity contribution >= 4 is 35.3 Å². The molecular formula is C25H34N8O5S. The van der Waals surface area contributed by atoms with Crippen molar-refractivity contribution in [1.29, 1.82) is 0 Å². The van der Waals surface area contributed by atoms with E-state index in [4.69, 9.17) is 0 Å². The zero-order chi connectivity index (χ0) is 27.5. The molecule has 0 radical (unpaired) electrons. The standard InChI is InChI=1S/C25H34N8O5S/c1-13(5-15(34)8-32-12-28-29-30-32)18-19-14(2)21(20(24(37)38)33(19)23(18)36)39-16-6-17(27-7-16)22(35)31-4-3-25(11-31)9-26-10-25/h12-14,16-19,26-27H,3-11H2,1-2H3,(H,37,38)/t13-,14+,16-,17-,18+,19+/m0/s1. The van der Waals surface area contributed by atoms with Gasteiger partial charge in [0.25, 0.3) is 0 Å². The Morgan fingerprint density at radius 1 is 1.31 bits per heavy atom. The number of Topliss-reactive ketones (excluding diaryl/α,β-unsaturated/α-hetero) is 1. The lowest BCUT2D eigenvalue weighted by atomic mass is 9.73. The van der Waals surface area contributed by atoms with Crippen LogP contribution in [0.1, 0.15) is 33.1 Å². The molecule has 0 bridgehead atoms. The van der Waals surface area contributed by atoms with Crippen LogP contribution in [0.5, 0.6) is 0 Å². The van der Waals surface area contributed by atoms with E-state index in [2.05, 4.69) is 26.2 Å². The van der Waals surface area contributed by atoms with Crippen LogP contribution in [0.3, 0.4) is 0 Å². The maximum Gasteiger partial charge on any atom is 0.353 e. The number of β-lactam (4-membered cyclic amide) rings is 1. The fourth-order valence-corrected chi connectivity index (χ4v) is 8.50. The van der Waals surface area contributed by atoms with Crippen LogP contribution in [-0.2, 0) is 25.7 Å². The predicted octanol–water partition coefficient (Wildman–Crippen LogP) is -0.673. The van der Waals surface area contributed by atoms with E-state index in [0.717, 1.165) is 32.6 Å². The van der Waals surface area contributed by atoms with Gasteiger partial charge in [-0.05, 0) is 29.2 Å². The summed E-state index contributed by atoms with van der Waals surface area (Å²) < 4.78 is 1.35. The van der Waals surface area contributed by atoms with Crippen molar-refractivity contribution in [2.24, 2.45) is 23.2 Å². The number of hydrogen-bond acceptors (Lipinski definition) is 10. The fraction of sp³-hybridized carbons (Fsp3) is 0.720. The van der Waals surface area contributed by atoms with E-state index in [1.165, 1.54) is 27.7 Å². The Morgan fingerprint density at radius 2 is 2.10 bits per heavy atom. The van der Waals surface area contributed by atoms with Crippen molar-refractivity contribution in [3.63, 3.8) is 0 Å². The topological polar surface area (TPSA) is 163 Å². The van der Waals surface area contributed by atoms with Crippen molar-refractivity contribution in [3.8, 4) is 0 Å². The molecule has 0 unspecified atom stereocenters. The van der Waals surface area contributed by atoms with Crippen LogP contribution in [0, 0.1) is 23.2 Å². The van der Waals surface area contributed by atoms with Crippen LogP contribution in [0.2, 0.25) is 0 Å². The Kier molecular flexibility index (Phi) is 6.74. The van der Waals surface area contributed by atoms with E-state index in [0.29, 0.717) is 17.9 Å². The Bertz CT molecular complexity index is 1220. The molecule has 210 valence electrons.